The van der Waals surface area contributed by atoms with Gasteiger partial charge in [0.05, 0.1) is 11.8 Å². The first-order valence-corrected chi connectivity index (χ1v) is 5.93. The van der Waals surface area contributed by atoms with Crippen molar-refractivity contribution in [2.75, 3.05) is 6.61 Å². The van der Waals surface area contributed by atoms with Gasteiger partial charge in [0.25, 0.3) is 0 Å². The summed E-state index contributed by atoms with van der Waals surface area (Å²) in [6.45, 7) is 7.78. The van der Waals surface area contributed by atoms with Crippen molar-refractivity contribution >= 4 is 0 Å². The Morgan fingerprint density at radius 1 is 1.44 bits per heavy atom. The number of aromatic nitrogens is 1. The molecular formula is C12H20N2O2. The molecule has 2 unspecified atom stereocenters. The highest BCUT2D eigenvalue weighted by molar-refractivity contribution is 5.20. The smallest absolute Gasteiger partial charge is 0.138 e. The lowest BCUT2D eigenvalue weighted by Gasteiger charge is -2.28. The quantitative estimate of drug-likeness (QED) is 0.852. The van der Waals surface area contributed by atoms with Crippen LogP contribution in [0.15, 0.2) is 4.52 Å². The lowest BCUT2D eigenvalue weighted by Crippen LogP contribution is -2.37. The average molecular weight is 224 g/mol. The average Bonchev–Trinajstić information content (AvgIpc) is 2.56. The second-order valence-corrected chi connectivity index (χ2v) is 4.59. The number of rotatable bonds is 3. The number of nitrogens with one attached hydrogen (secondary N) is 1. The lowest BCUT2D eigenvalue weighted by atomic mass is 10.0. The third-order valence-corrected chi connectivity index (χ3v) is 3.23. The van der Waals surface area contributed by atoms with Crippen molar-refractivity contribution in [2.45, 2.75) is 52.3 Å². The van der Waals surface area contributed by atoms with E-state index in [4.69, 9.17) is 9.26 Å². The first-order chi connectivity index (χ1) is 7.66. The summed E-state index contributed by atoms with van der Waals surface area (Å²) in [5.41, 5.74) is 2.18. The van der Waals surface area contributed by atoms with E-state index in [0.29, 0.717) is 12.1 Å². The molecule has 16 heavy (non-hydrogen) atoms. The minimum Gasteiger partial charge on any atom is -0.378 e. The van der Waals surface area contributed by atoms with E-state index in [1.54, 1.807) is 0 Å². The fourth-order valence-electron chi connectivity index (χ4n) is 2.18. The van der Waals surface area contributed by atoms with Gasteiger partial charge in [-0.05, 0) is 33.6 Å². The van der Waals surface area contributed by atoms with E-state index in [0.717, 1.165) is 37.4 Å². The van der Waals surface area contributed by atoms with Crippen LogP contribution in [0.2, 0.25) is 0 Å². The summed E-state index contributed by atoms with van der Waals surface area (Å²) in [5.74, 6) is 0.921. The number of nitrogens with zero attached hydrogens (tertiary/aromatic N) is 1. The van der Waals surface area contributed by atoms with E-state index in [1.807, 2.05) is 13.8 Å². The van der Waals surface area contributed by atoms with Gasteiger partial charge in [-0.1, -0.05) is 5.16 Å². The van der Waals surface area contributed by atoms with Gasteiger partial charge in [-0.2, -0.15) is 0 Å². The molecule has 1 aliphatic heterocycles. The maximum Gasteiger partial charge on any atom is 0.138 e. The van der Waals surface area contributed by atoms with Gasteiger partial charge < -0.3 is 14.6 Å². The largest absolute Gasteiger partial charge is 0.378 e. The maximum atomic E-state index is 5.52. The summed E-state index contributed by atoms with van der Waals surface area (Å²) in [4.78, 5) is 0. The minimum absolute atomic E-state index is 0.371. The van der Waals surface area contributed by atoms with E-state index < -0.39 is 0 Å². The standard InChI is InChI=1S/C12H20N2O2/c1-8-6-11(4-5-15-8)13-7-12-9(2)14-16-10(12)3/h8,11,13H,4-7H2,1-3H3. The Labute approximate surface area is 96.3 Å². The Kier molecular flexibility index (Phi) is 3.61. The molecule has 90 valence electrons. The zero-order valence-corrected chi connectivity index (χ0v) is 10.2. The van der Waals surface area contributed by atoms with Crippen LogP contribution in [0.3, 0.4) is 0 Å². The molecule has 0 aliphatic carbocycles. The van der Waals surface area contributed by atoms with Crippen LogP contribution in [0.5, 0.6) is 0 Å². The van der Waals surface area contributed by atoms with Crippen molar-refractivity contribution in [1.29, 1.82) is 0 Å². The van der Waals surface area contributed by atoms with Gasteiger partial charge in [-0.15, -0.1) is 0 Å². The normalized spacial score (nSPS) is 25.9. The van der Waals surface area contributed by atoms with Crippen LogP contribution in [-0.4, -0.2) is 23.9 Å². The zero-order chi connectivity index (χ0) is 11.5. The first kappa shape index (κ1) is 11.6. The van der Waals surface area contributed by atoms with Crippen LogP contribution in [0.1, 0.15) is 36.8 Å². The van der Waals surface area contributed by atoms with Crippen molar-refractivity contribution in [3.8, 4) is 0 Å². The minimum atomic E-state index is 0.371. The van der Waals surface area contributed by atoms with E-state index in [9.17, 15) is 0 Å². The number of hydrogen-bond donors (Lipinski definition) is 1. The second kappa shape index (κ2) is 4.97. The van der Waals surface area contributed by atoms with E-state index in [-0.39, 0.29) is 0 Å². The monoisotopic (exact) mass is 224 g/mol. The first-order valence-electron chi connectivity index (χ1n) is 5.93. The molecule has 0 radical (unpaired) electrons. The summed E-state index contributed by atoms with van der Waals surface area (Å²) in [7, 11) is 0. The summed E-state index contributed by atoms with van der Waals surface area (Å²) in [6.07, 6.45) is 2.55. The Bertz CT molecular complexity index is 329. The van der Waals surface area contributed by atoms with Gasteiger partial charge in [-0.3, -0.25) is 0 Å². The molecule has 0 amide bonds. The molecule has 1 saturated heterocycles. The highest BCUT2D eigenvalue weighted by Gasteiger charge is 2.19. The molecule has 2 atom stereocenters. The molecular weight excluding hydrogens is 204 g/mol. The molecule has 0 spiro atoms. The number of aryl methyl sites for hydroxylation is 2. The van der Waals surface area contributed by atoms with E-state index in [1.165, 1.54) is 5.56 Å². The Hall–Kier alpha value is -0.870. The molecule has 1 aromatic heterocycles. The van der Waals surface area contributed by atoms with Crippen LogP contribution in [0.25, 0.3) is 0 Å². The van der Waals surface area contributed by atoms with Crippen molar-refractivity contribution in [3.63, 3.8) is 0 Å². The van der Waals surface area contributed by atoms with Crippen LogP contribution in [0.4, 0.5) is 0 Å². The predicted molar refractivity (Wildman–Crippen MR) is 61.3 cm³/mol. The molecule has 0 bridgehead atoms. The molecule has 1 N–H and O–H groups in total. The molecule has 1 fully saturated rings. The van der Waals surface area contributed by atoms with Gasteiger partial charge in [0.15, 0.2) is 0 Å². The summed E-state index contributed by atoms with van der Waals surface area (Å²) in [5, 5.41) is 7.51. The molecule has 1 aliphatic rings. The van der Waals surface area contributed by atoms with Gasteiger partial charge in [0.1, 0.15) is 5.76 Å². The van der Waals surface area contributed by atoms with Gasteiger partial charge in [0.2, 0.25) is 0 Å². The van der Waals surface area contributed by atoms with E-state index in [2.05, 4.69) is 17.4 Å². The van der Waals surface area contributed by atoms with Gasteiger partial charge >= 0.3 is 0 Å². The Morgan fingerprint density at radius 2 is 2.25 bits per heavy atom. The lowest BCUT2D eigenvalue weighted by molar-refractivity contribution is 0.0130. The molecule has 0 aromatic carbocycles. The van der Waals surface area contributed by atoms with Gasteiger partial charge in [-0.25, -0.2) is 0 Å². The predicted octanol–water partition coefficient (Wildman–Crippen LogP) is 1.95. The maximum absolute atomic E-state index is 5.52. The Balaban J connectivity index is 1.87. The summed E-state index contributed by atoms with van der Waals surface area (Å²) < 4.78 is 10.7. The third kappa shape index (κ3) is 2.62. The van der Waals surface area contributed by atoms with Crippen LogP contribution in [-0.2, 0) is 11.3 Å². The summed E-state index contributed by atoms with van der Waals surface area (Å²) >= 11 is 0. The van der Waals surface area contributed by atoms with E-state index >= 15 is 0 Å². The van der Waals surface area contributed by atoms with Crippen LogP contribution in [0, 0.1) is 13.8 Å². The van der Waals surface area contributed by atoms with Crippen molar-refractivity contribution in [3.05, 3.63) is 17.0 Å². The van der Waals surface area contributed by atoms with Crippen molar-refractivity contribution in [2.24, 2.45) is 0 Å². The number of hydrogen-bond acceptors (Lipinski definition) is 4. The van der Waals surface area contributed by atoms with Crippen molar-refractivity contribution in [1.82, 2.24) is 10.5 Å². The third-order valence-electron chi connectivity index (χ3n) is 3.23. The Morgan fingerprint density at radius 3 is 2.88 bits per heavy atom. The highest BCUT2D eigenvalue weighted by atomic mass is 16.5. The molecule has 4 heteroatoms. The summed E-state index contributed by atoms with van der Waals surface area (Å²) in [6, 6.07) is 0.553. The van der Waals surface area contributed by atoms with Crippen LogP contribution < -0.4 is 5.32 Å². The SMILES string of the molecule is Cc1noc(C)c1CNC1CCOC(C)C1. The molecule has 4 nitrogen and oxygen atoms in total. The van der Waals surface area contributed by atoms with Crippen LogP contribution >= 0.6 is 0 Å². The van der Waals surface area contributed by atoms with Crippen molar-refractivity contribution < 1.29 is 9.26 Å². The highest BCUT2D eigenvalue weighted by Crippen LogP contribution is 2.16. The topological polar surface area (TPSA) is 47.3 Å². The molecule has 2 heterocycles. The fourth-order valence-corrected chi connectivity index (χ4v) is 2.18. The zero-order valence-electron chi connectivity index (χ0n) is 10.2. The number of ether oxygens (including phenoxy) is 1. The molecule has 0 saturated carbocycles. The molecule has 2 rings (SSSR count). The molecule has 1 aromatic rings. The fraction of sp³-hybridized carbons (Fsp3) is 0.750. The van der Waals surface area contributed by atoms with Gasteiger partial charge in [0, 0.05) is 24.8 Å². The second-order valence-electron chi connectivity index (χ2n) is 4.59.